The quantitative estimate of drug-likeness (QED) is 0.739. The zero-order chi connectivity index (χ0) is 13.1. The molecule has 0 amide bonds. The minimum atomic E-state index is -4.33. The highest BCUT2D eigenvalue weighted by atomic mass is 19.4. The van der Waals surface area contributed by atoms with Crippen LogP contribution in [-0.4, -0.2) is 6.29 Å². The van der Waals surface area contributed by atoms with Gasteiger partial charge in [0.05, 0.1) is 5.56 Å². The first-order chi connectivity index (χ1) is 7.88. The van der Waals surface area contributed by atoms with E-state index in [2.05, 4.69) is 0 Å². The molecule has 17 heavy (non-hydrogen) atoms. The fourth-order valence-electron chi connectivity index (χ4n) is 1.74. The van der Waals surface area contributed by atoms with Crippen LogP contribution < -0.4 is 0 Å². The van der Waals surface area contributed by atoms with E-state index < -0.39 is 11.7 Å². The van der Waals surface area contributed by atoms with Crippen LogP contribution >= 0.6 is 0 Å². The highest BCUT2D eigenvalue weighted by Gasteiger charge is 2.33. The van der Waals surface area contributed by atoms with E-state index in [0.717, 1.165) is 12.4 Å². The van der Waals surface area contributed by atoms with Gasteiger partial charge in [-0.1, -0.05) is 26.0 Å². The molecule has 4 heteroatoms. The van der Waals surface area contributed by atoms with Crippen LogP contribution in [0.15, 0.2) is 18.2 Å². The first-order valence-electron chi connectivity index (χ1n) is 5.52. The number of hydrogen-bond acceptors (Lipinski definition) is 1. The zero-order valence-electron chi connectivity index (χ0n) is 9.84. The van der Waals surface area contributed by atoms with Crippen LogP contribution in [0.3, 0.4) is 0 Å². The summed E-state index contributed by atoms with van der Waals surface area (Å²) in [4.78, 5) is 10.5. The van der Waals surface area contributed by atoms with Crippen LogP contribution in [0.4, 0.5) is 13.2 Å². The minimum absolute atomic E-state index is 0.261. The Balaban J connectivity index is 3.09. The molecule has 0 fully saturated rings. The van der Waals surface area contributed by atoms with Gasteiger partial charge in [-0.2, -0.15) is 13.2 Å². The Morgan fingerprint density at radius 2 is 2.00 bits per heavy atom. The van der Waals surface area contributed by atoms with Crippen molar-refractivity contribution in [3.63, 3.8) is 0 Å². The topological polar surface area (TPSA) is 17.1 Å². The Hall–Kier alpha value is -1.32. The van der Waals surface area contributed by atoms with Crippen molar-refractivity contribution in [2.24, 2.45) is 5.92 Å². The number of aryl methyl sites for hydroxylation is 1. The Labute approximate surface area is 98.6 Å². The molecule has 1 rings (SSSR count). The summed E-state index contributed by atoms with van der Waals surface area (Å²) in [5.74, 6) is -0.261. The van der Waals surface area contributed by atoms with E-state index >= 15 is 0 Å². The average Bonchev–Trinajstić information content (AvgIpc) is 2.27. The van der Waals surface area contributed by atoms with Crippen molar-refractivity contribution >= 4 is 6.29 Å². The molecule has 0 radical (unpaired) electrons. The molecule has 0 heterocycles. The summed E-state index contributed by atoms with van der Waals surface area (Å²) in [7, 11) is 0. The van der Waals surface area contributed by atoms with Gasteiger partial charge < -0.3 is 4.79 Å². The molecule has 0 spiro atoms. The third-order valence-electron chi connectivity index (χ3n) is 2.65. The van der Waals surface area contributed by atoms with Gasteiger partial charge in [0, 0.05) is 5.92 Å². The molecule has 0 saturated heterocycles. The Morgan fingerprint density at radius 3 is 2.47 bits per heavy atom. The van der Waals surface area contributed by atoms with Gasteiger partial charge in [-0.25, -0.2) is 0 Å². The average molecular weight is 244 g/mol. The van der Waals surface area contributed by atoms with Gasteiger partial charge in [-0.15, -0.1) is 0 Å². The Morgan fingerprint density at radius 1 is 1.35 bits per heavy atom. The van der Waals surface area contributed by atoms with Crippen LogP contribution in [0.2, 0.25) is 0 Å². The second kappa shape index (κ2) is 5.34. The largest absolute Gasteiger partial charge is 0.416 e. The van der Waals surface area contributed by atoms with Crippen molar-refractivity contribution in [3.05, 3.63) is 34.9 Å². The first-order valence-corrected chi connectivity index (χ1v) is 5.52. The lowest BCUT2D eigenvalue weighted by Crippen LogP contribution is -2.10. The van der Waals surface area contributed by atoms with Crippen LogP contribution in [-0.2, 0) is 23.8 Å². The molecular formula is C13H15F3O. The van der Waals surface area contributed by atoms with Gasteiger partial charge in [-0.3, -0.25) is 0 Å². The predicted octanol–water partition coefficient (Wildman–Crippen LogP) is 3.65. The summed E-state index contributed by atoms with van der Waals surface area (Å²) in [5, 5.41) is 0. The summed E-state index contributed by atoms with van der Waals surface area (Å²) >= 11 is 0. The van der Waals surface area contributed by atoms with E-state index in [1.54, 1.807) is 19.9 Å². The lowest BCUT2D eigenvalue weighted by atomic mass is 9.96. The number of rotatable bonds is 4. The van der Waals surface area contributed by atoms with E-state index in [-0.39, 0.29) is 5.92 Å². The van der Waals surface area contributed by atoms with Crippen molar-refractivity contribution in [1.82, 2.24) is 0 Å². The normalized spacial score (nSPS) is 13.5. The molecule has 0 N–H and O–H groups in total. The van der Waals surface area contributed by atoms with Crippen LogP contribution in [0.1, 0.15) is 30.5 Å². The molecule has 94 valence electrons. The fraction of sp³-hybridized carbons (Fsp3) is 0.462. The summed E-state index contributed by atoms with van der Waals surface area (Å²) in [6.07, 6.45) is -2.89. The van der Waals surface area contributed by atoms with Crippen LogP contribution in [0.25, 0.3) is 0 Å². The molecule has 1 atom stereocenters. The van der Waals surface area contributed by atoms with Gasteiger partial charge in [-0.05, 0) is 30.0 Å². The van der Waals surface area contributed by atoms with E-state index in [1.165, 1.54) is 6.07 Å². The molecule has 0 aromatic heterocycles. The van der Waals surface area contributed by atoms with E-state index in [4.69, 9.17) is 0 Å². The lowest BCUT2D eigenvalue weighted by molar-refractivity contribution is -0.138. The number of alkyl halides is 3. The van der Waals surface area contributed by atoms with Crippen LogP contribution in [0.5, 0.6) is 0 Å². The number of carbonyl (C=O) groups excluding carboxylic acids is 1. The highest BCUT2D eigenvalue weighted by Crippen LogP contribution is 2.33. The van der Waals surface area contributed by atoms with Crippen molar-refractivity contribution in [2.45, 2.75) is 32.9 Å². The van der Waals surface area contributed by atoms with E-state index in [9.17, 15) is 18.0 Å². The summed E-state index contributed by atoms with van der Waals surface area (Å²) < 4.78 is 38.3. The van der Waals surface area contributed by atoms with Gasteiger partial charge in [0.2, 0.25) is 0 Å². The molecule has 0 saturated carbocycles. The molecule has 1 aromatic carbocycles. The fourth-order valence-corrected chi connectivity index (χ4v) is 1.74. The Bertz CT molecular complexity index is 396. The zero-order valence-corrected chi connectivity index (χ0v) is 9.84. The summed E-state index contributed by atoms with van der Waals surface area (Å²) in [6.45, 7) is 3.38. The number of aldehydes is 1. The lowest BCUT2D eigenvalue weighted by Gasteiger charge is -2.14. The first kappa shape index (κ1) is 13.7. The van der Waals surface area contributed by atoms with Gasteiger partial charge in [0.15, 0.2) is 0 Å². The van der Waals surface area contributed by atoms with E-state index in [0.29, 0.717) is 24.0 Å². The van der Waals surface area contributed by atoms with Crippen molar-refractivity contribution < 1.29 is 18.0 Å². The monoisotopic (exact) mass is 244 g/mol. The second-order valence-electron chi connectivity index (χ2n) is 4.16. The van der Waals surface area contributed by atoms with Crippen LogP contribution in [0, 0.1) is 5.92 Å². The third kappa shape index (κ3) is 3.58. The van der Waals surface area contributed by atoms with Crippen molar-refractivity contribution in [2.75, 3.05) is 0 Å². The Kier molecular flexibility index (Phi) is 4.32. The standard InChI is InChI=1S/C13H15F3O/c1-3-11-5-4-10(6-9(2)8-17)7-12(11)13(14,15)16/h4-5,7-9H,3,6H2,1-2H3. The molecule has 0 bridgehead atoms. The molecule has 0 aliphatic rings. The highest BCUT2D eigenvalue weighted by molar-refractivity contribution is 5.53. The molecule has 1 nitrogen and oxygen atoms in total. The predicted molar refractivity (Wildman–Crippen MR) is 59.8 cm³/mol. The van der Waals surface area contributed by atoms with Gasteiger partial charge in [0.1, 0.15) is 6.29 Å². The minimum Gasteiger partial charge on any atom is -0.303 e. The number of carbonyl (C=O) groups is 1. The maximum absolute atomic E-state index is 12.8. The number of benzene rings is 1. The van der Waals surface area contributed by atoms with Gasteiger partial charge in [0.25, 0.3) is 0 Å². The van der Waals surface area contributed by atoms with Crippen molar-refractivity contribution in [3.8, 4) is 0 Å². The molecule has 0 aliphatic heterocycles. The SMILES string of the molecule is CCc1ccc(CC(C)C=O)cc1C(F)(F)F. The second-order valence-corrected chi connectivity index (χ2v) is 4.16. The summed E-state index contributed by atoms with van der Waals surface area (Å²) in [6, 6.07) is 4.31. The molecule has 1 unspecified atom stereocenters. The van der Waals surface area contributed by atoms with Crippen molar-refractivity contribution in [1.29, 1.82) is 0 Å². The molecule has 1 aromatic rings. The third-order valence-corrected chi connectivity index (χ3v) is 2.65. The van der Waals surface area contributed by atoms with Gasteiger partial charge >= 0.3 is 6.18 Å². The molecular weight excluding hydrogens is 229 g/mol. The maximum Gasteiger partial charge on any atom is 0.416 e. The summed E-state index contributed by atoms with van der Waals surface area (Å²) in [5.41, 5.74) is 0.254. The molecule has 0 aliphatic carbocycles. The number of hydrogen-bond donors (Lipinski definition) is 0. The maximum atomic E-state index is 12.8. The smallest absolute Gasteiger partial charge is 0.303 e. The number of halogens is 3. The van der Waals surface area contributed by atoms with E-state index in [1.807, 2.05) is 0 Å².